The van der Waals surface area contributed by atoms with Crippen LogP contribution < -0.4 is 10.9 Å². The number of rotatable bonds is 7. The highest BCUT2D eigenvalue weighted by molar-refractivity contribution is 5.95. The lowest BCUT2D eigenvalue weighted by molar-refractivity contribution is -0.143. The summed E-state index contributed by atoms with van der Waals surface area (Å²) in [5.74, 6) is -1.64. The summed E-state index contributed by atoms with van der Waals surface area (Å²) in [5, 5.41) is 12.4. The molecule has 3 N–H and O–H groups in total. The second kappa shape index (κ2) is 13.3. The number of aromatic nitrogens is 2. The highest BCUT2D eigenvalue weighted by Crippen LogP contribution is 2.33. The van der Waals surface area contributed by atoms with Crippen LogP contribution in [0.3, 0.4) is 0 Å². The summed E-state index contributed by atoms with van der Waals surface area (Å²) in [6.07, 6.45) is 4.01. The van der Waals surface area contributed by atoms with Gasteiger partial charge in [0, 0.05) is 24.7 Å². The smallest absolute Gasteiger partial charge is 0.407 e. The van der Waals surface area contributed by atoms with E-state index in [-0.39, 0.29) is 23.6 Å². The molecule has 3 aromatic rings. The molecule has 2 amide bonds. The number of aromatic amines is 1. The van der Waals surface area contributed by atoms with Crippen LogP contribution in [0.5, 0.6) is 0 Å². The normalized spacial score (nSPS) is 20.5. The number of halogens is 1. The van der Waals surface area contributed by atoms with Crippen LogP contribution >= 0.6 is 0 Å². The maximum Gasteiger partial charge on any atom is 0.407 e. The molecule has 1 aliphatic carbocycles. The minimum Gasteiger partial charge on any atom is -0.481 e. The summed E-state index contributed by atoms with van der Waals surface area (Å²) < 4.78 is 20.8. The van der Waals surface area contributed by atoms with Gasteiger partial charge in [0.05, 0.1) is 17.0 Å². The molecule has 236 valence electrons. The number of benzene rings is 2. The molecule has 0 bridgehead atoms. The van der Waals surface area contributed by atoms with Gasteiger partial charge in [0.15, 0.2) is 0 Å². The summed E-state index contributed by atoms with van der Waals surface area (Å²) >= 11 is 0. The van der Waals surface area contributed by atoms with Crippen molar-refractivity contribution in [2.75, 3.05) is 19.6 Å². The predicted octanol–water partition coefficient (Wildman–Crippen LogP) is 5.40. The molecular formula is C33H42FN5O5. The van der Waals surface area contributed by atoms with Crippen molar-refractivity contribution in [2.24, 2.45) is 16.8 Å². The maximum absolute atomic E-state index is 13.4. The number of carbonyl (C=O) groups is 3. The molecule has 0 unspecified atom stereocenters. The number of piperidine rings is 1. The number of hydrogen-bond donors (Lipinski definition) is 3. The summed E-state index contributed by atoms with van der Waals surface area (Å²) in [4.78, 5) is 46.8. The zero-order valence-electron chi connectivity index (χ0n) is 25.6. The number of imidazole rings is 1. The number of carboxylic acids is 1. The third-order valence-electron chi connectivity index (χ3n) is 8.55. The molecule has 0 atom stereocenters. The topological polar surface area (TPSA) is 129 Å². The average Bonchev–Trinajstić information content (AvgIpc) is 3.33. The van der Waals surface area contributed by atoms with E-state index < -0.39 is 23.3 Å². The summed E-state index contributed by atoms with van der Waals surface area (Å²) in [7, 11) is 0. The summed E-state index contributed by atoms with van der Waals surface area (Å²) in [5.41, 5.74) is 3.07. The zero-order valence-corrected chi connectivity index (χ0v) is 25.6. The van der Waals surface area contributed by atoms with Gasteiger partial charge in [-0.15, -0.1) is 0 Å². The van der Waals surface area contributed by atoms with E-state index in [1.54, 1.807) is 0 Å². The van der Waals surface area contributed by atoms with E-state index in [4.69, 9.17) is 4.74 Å². The molecule has 0 radical (unpaired) electrons. The molecule has 1 aliphatic heterocycles. The van der Waals surface area contributed by atoms with Gasteiger partial charge in [0.1, 0.15) is 11.4 Å². The Labute approximate surface area is 256 Å². The van der Waals surface area contributed by atoms with Crippen molar-refractivity contribution in [3.63, 3.8) is 0 Å². The van der Waals surface area contributed by atoms with Gasteiger partial charge in [-0.25, -0.2) is 9.18 Å². The number of hydrogen-bond acceptors (Lipinski definition) is 5. The van der Waals surface area contributed by atoms with Gasteiger partial charge < -0.3 is 24.7 Å². The number of aliphatic carboxylic acids is 1. The average molecular weight is 608 g/mol. The monoisotopic (exact) mass is 607 g/mol. The molecule has 2 fully saturated rings. The number of likely N-dealkylation sites (tertiary alicyclic amines) is 1. The fourth-order valence-corrected chi connectivity index (χ4v) is 6.21. The Kier molecular flexibility index (Phi) is 9.53. The van der Waals surface area contributed by atoms with Gasteiger partial charge in [-0.2, -0.15) is 4.99 Å². The molecule has 1 saturated heterocycles. The van der Waals surface area contributed by atoms with Crippen molar-refractivity contribution in [3.8, 4) is 0 Å². The largest absolute Gasteiger partial charge is 0.481 e. The van der Waals surface area contributed by atoms with Crippen LogP contribution in [0, 0.1) is 17.7 Å². The highest BCUT2D eigenvalue weighted by atomic mass is 19.1. The molecule has 10 nitrogen and oxygen atoms in total. The minimum absolute atomic E-state index is 0.0115. The second-order valence-corrected chi connectivity index (χ2v) is 13.0. The Morgan fingerprint density at radius 3 is 2.34 bits per heavy atom. The first-order chi connectivity index (χ1) is 20.9. The lowest BCUT2D eigenvalue weighted by Crippen LogP contribution is -2.40. The summed E-state index contributed by atoms with van der Waals surface area (Å²) in [6, 6.07) is 11.5. The Morgan fingerprint density at radius 2 is 1.70 bits per heavy atom. The van der Waals surface area contributed by atoms with Gasteiger partial charge in [-0.1, -0.05) is 6.07 Å². The third kappa shape index (κ3) is 7.93. The lowest BCUT2D eigenvalue weighted by Gasteiger charge is -2.32. The maximum atomic E-state index is 13.4. The predicted molar refractivity (Wildman–Crippen MR) is 163 cm³/mol. The van der Waals surface area contributed by atoms with Crippen molar-refractivity contribution >= 4 is 29.0 Å². The van der Waals surface area contributed by atoms with Gasteiger partial charge in [-0.3, -0.25) is 14.5 Å². The van der Waals surface area contributed by atoms with Crippen LogP contribution in [-0.4, -0.2) is 62.8 Å². The van der Waals surface area contributed by atoms with Crippen LogP contribution in [0.1, 0.15) is 81.3 Å². The molecule has 44 heavy (non-hydrogen) atoms. The van der Waals surface area contributed by atoms with Crippen molar-refractivity contribution in [1.29, 1.82) is 0 Å². The van der Waals surface area contributed by atoms with Crippen LogP contribution in [0.2, 0.25) is 0 Å². The lowest BCUT2D eigenvalue weighted by atomic mass is 9.86. The number of amides is 2. The minimum atomic E-state index is -0.768. The Bertz CT molecular complexity index is 1560. The molecule has 11 heteroatoms. The van der Waals surface area contributed by atoms with Crippen LogP contribution in [0.4, 0.5) is 9.18 Å². The number of nitrogens with one attached hydrogen (secondary N) is 2. The number of carboxylic acid groups (broad SMARTS) is 1. The highest BCUT2D eigenvalue weighted by Gasteiger charge is 2.29. The van der Waals surface area contributed by atoms with Gasteiger partial charge in [0.2, 0.25) is 5.62 Å². The first kappa shape index (κ1) is 31.4. The first-order valence-electron chi connectivity index (χ1n) is 15.4. The van der Waals surface area contributed by atoms with Crippen molar-refractivity contribution < 1.29 is 28.6 Å². The van der Waals surface area contributed by atoms with E-state index in [1.807, 2.05) is 31.4 Å². The molecule has 0 spiro atoms. The Balaban J connectivity index is 1.32. The van der Waals surface area contributed by atoms with E-state index in [0.717, 1.165) is 49.1 Å². The van der Waals surface area contributed by atoms with E-state index in [1.165, 1.54) is 24.3 Å². The number of ether oxygens (including phenoxy) is 1. The second-order valence-electron chi connectivity index (χ2n) is 13.0. The quantitative estimate of drug-likeness (QED) is 0.330. The molecule has 2 aromatic carbocycles. The fraction of sp³-hybridized carbons (Fsp3) is 0.515. The van der Waals surface area contributed by atoms with Crippen LogP contribution in [0.15, 0.2) is 47.5 Å². The third-order valence-corrected chi connectivity index (χ3v) is 8.55. The molecule has 5 rings (SSSR count). The molecule has 2 heterocycles. The van der Waals surface area contributed by atoms with Gasteiger partial charge >= 0.3 is 12.1 Å². The zero-order chi connectivity index (χ0) is 31.4. The van der Waals surface area contributed by atoms with Crippen molar-refractivity contribution in [2.45, 2.75) is 77.5 Å². The number of H-pyrrole nitrogens is 1. The van der Waals surface area contributed by atoms with Crippen molar-refractivity contribution in [3.05, 3.63) is 65.0 Å². The van der Waals surface area contributed by atoms with Gasteiger partial charge in [0.25, 0.3) is 5.91 Å². The Morgan fingerprint density at radius 1 is 1.02 bits per heavy atom. The van der Waals surface area contributed by atoms with Crippen LogP contribution in [-0.2, 0) is 16.1 Å². The molecule has 2 aliphatic rings. The number of carbonyl (C=O) groups excluding carboxylic acids is 2. The van der Waals surface area contributed by atoms with Gasteiger partial charge in [-0.05, 0) is 120 Å². The van der Waals surface area contributed by atoms with E-state index in [9.17, 15) is 23.9 Å². The number of fused-ring (bicyclic) bond motifs is 1. The van der Waals surface area contributed by atoms with E-state index in [0.29, 0.717) is 43.8 Å². The number of nitrogens with zero attached hydrogens (tertiary/aromatic N) is 3. The SMILES string of the molecule is CC(C)(C)OC(=O)NCC1CCN(Cc2ccc3[nH]/c(=N\C(=O)c4ccc(F)cc4)n([C@H]4CC[C@@H](C(=O)O)CC4)c3c2)CC1. The van der Waals surface area contributed by atoms with Crippen LogP contribution in [0.25, 0.3) is 11.0 Å². The standard InChI is InChI=1S/C33H42FN5O5/c1-33(2,3)44-32(43)35-19-21-14-16-38(17-15-21)20-22-4-13-27-28(18-22)39(26-11-7-24(8-12-26)30(41)42)31(36-27)37-29(40)23-5-9-25(34)10-6-23/h4-6,9-10,13,18,21,24,26H,7-8,11-12,14-17,19-20H2,1-3H3,(H,35,43)(H,41,42)(H,36,37,40)/t24-,26+. The molecular weight excluding hydrogens is 565 g/mol. The first-order valence-corrected chi connectivity index (χ1v) is 15.4. The molecule has 1 aromatic heterocycles. The number of alkyl carbamates (subject to hydrolysis) is 1. The summed E-state index contributed by atoms with van der Waals surface area (Å²) in [6.45, 7) is 8.75. The van der Waals surface area contributed by atoms with E-state index >= 15 is 0 Å². The fourth-order valence-electron chi connectivity index (χ4n) is 6.21. The molecule has 1 saturated carbocycles. The van der Waals surface area contributed by atoms with Crippen molar-refractivity contribution in [1.82, 2.24) is 19.8 Å². The van der Waals surface area contributed by atoms with E-state index in [2.05, 4.69) is 32.3 Å². The Hall–Kier alpha value is -3.99.